The first kappa shape index (κ1) is 32.4. The molecule has 0 radical (unpaired) electrons. The van der Waals surface area contributed by atoms with Crippen LogP contribution in [0.2, 0.25) is 0 Å². The van der Waals surface area contributed by atoms with Crippen molar-refractivity contribution in [2.45, 2.75) is 107 Å². The Morgan fingerprint density at radius 2 is 1.21 bits per heavy atom. The van der Waals surface area contributed by atoms with E-state index in [0.29, 0.717) is 17.5 Å². The molecular weight excluding hydrogens is 536 g/mol. The second-order valence-electron chi connectivity index (χ2n) is 9.50. The van der Waals surface area contributed by atoms with E-state index in [-0.39, 0.29) is 18.4 Å². The lowest BCUT2D eigenvalue weighted by Gasteiger charge is -2.16. The van der Waals surface area contributed by atoms with Crippen LogP contribution in [0.4, 0.5) is 0 Å². The number of aryl methyl sites for hydroxylation is 1. The minimum atomic E-state index is -0.741. The molecule has 1 aliphatic heterocycles. The van der Waals surface area contributed by atoms with Crippen molar-refractivity contribution in [1.82, 2.24) is 0 Å². The number of nitrogens with zero attached hydrogens (tertiary/aromatic N) is 2. The van der Waals surface area contributed by atoms with E-state index in [1.165, 1.54) is 23.5 Å². The van der Waals surface area contributed by atoms with E-state index in [1.807, 2.05) is 25.1 Å². The first-order valence-electron chi connectivity index (χ1n) is 13.6. The first-order valence-corrected chi connectivity index (χ1v) is 15.3. The average molecular weight is 575 g/mol. The Morgan fingerprint density at radius 1 is 0.744 bits per heavy atom. The minimum Gasteiger partial charge on any atom is -0.492 e. The summed E-state index contributed by atoms with van der Waals surface area (Å²) < 4.78 is 13.0. The van der Waals surface area contributed by atoms with Crippen molar-refractivity contribution in [2.75, 3.05) is 13.2 Å². The molecule has 212 valence electrons. The predicted octanol–water partition coefficient (Wildman–Crippen LogP) is 7.84. The summed E-state index contributed by atoms with van der Waals surface area (Å²) in [5.74, 6) is 0.0218. The van der Waals surface area contributed by atoms with Gasteiger partial charge in [0.05, 0.1) is 27.2 Å². The number of rotatable bonds is 20. The fraction of sp³-hybridized carbons (Fsp3) is 0.586. The van der Waals surface area contributed by atoms with Crippen molar-refractivity contribution >= 4 is 35.5 Å². The number of allylic oxidation sites excluding steroid dienone is 1. The van der Waals surface area contributed by atoms with Crippen LogP contribution in [-0.4, -0.2) is 35.4 Å². The summed E-state index contributed by atoms with van der Waals surface area (Å²) in [7, 11) is 0. The molecule has 10 heteroatoms. The van der Waals surface area contributed by atoms with Crippen molar-refractivity contribution in [3.05, 3.63) is 21.4 Å². The van der Waals surface area contributed by atoms with Gasteiger partial charge in [0.15, 0.2) is 0 Å². The van der Waals surface area contributed by atoms with Crippen LogP contribution in [0.3, 0.4) is 0 Å². The highest BCUT2D eigenvalue weighted by Gasteiger charge is 2.30. The molecule has 1 heterocycles. The van der Waals surface area contributed by atoms with E-state index in [1.54, 1.807) is 0 Å². The van der Waals surface area contributed by atoms with Crippen LogP contribution in [-0.2, 0) is 9.59 Å². The van der Waals surface area contributed by atoms with Gasteiger partial charge < -0.3 is 19.7 Å². The van der Waals surface area contributed by atoms with E-state index in [0.717, 1.165) is 104 Å². The third-order valence-corrected chi connectivity index (χ3v) is 8.84. The van der Waals surface area contributed by atoms with Crippen molar-refractivity contribution in [3.63, 3.8) is 0 Å². The molecule has 0 bridgehead atoms. The number of hydrogen-bond donors (Lipinski definition) is 2. The second-order valence-corrected chi connectivity index (χ2v) is 11.8. The van der Waals surface area contributed by atoms with Crippen LogP contribution in [0.5, 0.6) is 11.5 Å². The summed E-state index contributed by atoms with van der Waals surface area (Å²) in [6.45, 7) is 3.09. The van der Waals surface area contributed by atoms with Crippen LogP contribution in [0.15, 0.2) is 25.7 Å². The Kier molecular flexibility index (Phi) is 15.3. The maximum Gasteiger partial charge on any atom is 0.303 e. The van der Waals surface area contributed by atoms with Crippen LogP contribution in [0.25, 0.3) is 0 Å². The van der Waals surface area contributed by atoms with Gasteiger partial charge in [0.1, 0.15) is 29.2 Å². The van der Waals surface area contributed by atoms with Gasteiger partial charge in [0, 0.05) is 12.8 Å². The molecule has 2 rings (SSSR count). The molecule has 1 aromatic rings. The summed E-state index contributed by atoms with van der Waals surface area (Å²) in [5, 5.41) is 36.2. The van der Waals surface area contributed by atoms with Crippen molar-refractivity contribution in [3.8, 4) is 23.6 Å². The maximum atomic E-state index is 10.6. The number of hydrogen-bond acceptors (Lipinski definition) is 8. The molecule has 0 atom stereocenters. The smallest absolute Gasteiger partial charge is 0.303 e. The lowest BCUT2D eigenvalue weighted by molar-refractivity contribution is -0.138. The average Bonchev–Trinajstić information content (AvgIpc) is 3.33. The predicted molar refractivity (Wildman–Crippen MR) is 152 cm³/mol. The minimum absolute atomic E-state index is 0.0848. The number of nitriles is 2. The standard InChI is InChI=1S/C29H38N2O6S2/c1-21-18-23(36-16-12-8-4-2-6-10-14-24(32)33)27-28(39-29(38-27)22(19-30)20-31)26(21)37-17-13-9-5-3-7-11-15-25(34)35/h18H,2-17H2,1H3,(H,32,33)(H,34,35). The summed E-state index contributed by atoms with van der Waals surface area (Å²) in [6.07, 6.45) is 11.7. The fourth-order valence-electron chi connectivity index (χ4n) is 4.15. The summed E-state index contributed by atoms with van der Waals surface area (Å²) in [5.41, 5.74) is 1.03. The largest absolute Gasteiger partial charge is 0.492 e. The number of fused-ring (bicyclic) bond motifs is 1. The number of benzene rings is 1. The molecule has 0 saturated heterocycles. The van der Waals surface area contributed by atoms with E-state index < -0.39 is 11.9 Å². The summed E-state index contributed by atoms with van der Waals surface area (Å²) in [6, 6.07) is 5.94. The second kappa shape index (κ2) is 18.5. The lowest BCUT2D eigenvalue weighted by Crippen LogP contribution is -2.03. The molecule has 0 amide bonds. The molecule has 39 heavy (non-hydrogen) atoms. The number of thioether (sulfide) groups is 2. The van der Waals surface area contributed by atoms with E-state index in [4.69, 9.17) is 19.7 Å². The SMILES string of the molecule is Cc1cc(OCCCCCCCCC(=O)O)c2c(c1OCCCCCCCCC(=O)O)SC(=C(C#N)C#N)S2. The number of carboxylic acid groups (broad SMARTS) is 2. The molecule has 0 unspecified atom stereocenters. The van der Waals surface area contributed by atoms with Gasteiger partial charge in [0.25, 0.3) is 0 Å². The highest BCUT2D eigenvalue weighted by Crippen LogP contribution is 2.59. The molecule has 0 saturated carbocycles. The third-order valence-electron chi connectivity index (χ3n) is 6.23. The molecule has 0 spiro atoms. The molecule has 2 N–H and O–H groups in total. The van der Waals surface area contributed by atoms with Gasteiger partial charge >= 0.3 is 11.9 Å². The highest BCUT2D eigenvalue weighted by atomic mass is 32.2. The van der Waals surface area contributed by atoms with Crippen LogP contribution < -0.4 is 9.47 Å². The van der Waals surface area contributed by atoms with E-state index in [9.17, 15) is 20.1 Å². The quantitative estimate of drug-likeness (QED) is 0.117. The Hall–Kier alpha value is -2.82. The fourth-order valence-corrected chi connectivity index (χ4v) is 6.73. The number of carbonyl (C=O) groups is 2. The Balaban J connectivity index is 1.91. The van der Waals surface area contributed by atoms with E-state index in [2.05, 4.69) is 0 Å². The number of unbranched alkanes of at least 4 members (excludes halogenated alkanes) is 10. The highest BCUT2D eigenvalue weighted by molar-refractivity contribution is 8.24. The Bertz CT molecular complexity index is 1070. The number of ether oxygens (including phenoxy) is 2. The molecular formula is C29H38N2O6S2. The molecule has 0 fully saturated rings. The van der Waals surface area contributed by atoms with E-state index >= 15 is 0 Å². The molecule has 0 aromatic heterocycles. The van der Waals surface area contributed by atoms with Gasteiger partial charge in [-0.3, -0.25) is 9.59 Å². The number of carboxylic acids is 2. The van der Waals surface area contributed by atoms with Crippen molar-refractivity contribution < 1.29 is 29.3 Å². The van der Waals surface area contributed by atoms with Gasteiger partial charge in [0.2, 0.25) is 0 Å². The summed E-state index contributed by atoms with van der Waals surface area (Å²) in [4.78, 5) is 22.9. The van der Waals surface area contributed by atoms with Gasteiger partial charge in [-0.15, -0.1) is 0 Å². The summed E-state index contributed by atoms with van der Waals surface area (Å²) >= 11 is 2.77. The Labute approximate surface area is 239 Å². The molecule has 1 aromatic carbocycles. The van der Waals surface area contributed by atoms with Gasteiger partial charge in [-0.2, -0.15) is 10.5 Å². The Morgan fingerprint density at radius 3 is 1.72 bits per heavy atom. The van der Waals surface area contributed by atoms with Gasteiger partial charge in [-0.25, -0.2) is 0 Å². The normalized spacial score (nSPS) is 11.9. The molecule has 8 nitrogen and oxygen atoms in total. The lowest BCUT2D eigenvalue weighted by atomic mass is 10.1. The van der Waals surface area contributed by atoms with Crippen molar-refractivity contribution in [1.29, 1.82) is 10.5 Å². The van der Waals surface area contributed by atoms with Crippen molar-refractivity contribution in [2.24, 2.45) is 0 Å². The molecule has 0 aliphatic carbocycles. The first-order chi connectivity index (χ1) is 18.9. The zero-order chi connectivity index (χ0) is 28.5. The van der Waals surface area contributed by atoms with Gasteiger partial charge in [-0.1, -0.05) is 74.9 Å². The zero-order valence-electron chi connectivity index (χ0n) is 22.6. The third kappa shape index (κ3) is 11.8. The maximum absolute atomic E-state index is 10.6. The van der Waals surface area contributed by atoms with Gasteiger partial charge in [-0.05, 0) is 44.2 Å². The number of aliphatic carboxylic acids is 2. The topological polar surface area (TPSA) is 141 Å². The van der Waals surface area contributed by atoms with Crippen LogP contribution >= 0.6 is 23.5 Å². The molecule has 1 aliphatic rings. The monoisotopic (exact) mass is 574 g/mol. The zero-order valence-corrected chi connectivity index (χ0v) is 24.3. The van der Waals surface area contributed by atoms with Crippen LogP contribution in [0.1, 0.15) is 95.5 Å². The van der Waals surface area contributed by atoms with Crippen LogP contribution in [0, 0.1) is 29.6 Å².